The molecular weight excluding hydrogens is 410 g/mol. The van der Waals surface area contributed by atoms with Crippen molar-refractivity contribution in [3.05, 3.63) is 62.8 Å². The summed E-state index contributed by atoms with van der Waals surface area (Å²) in [6, 6.07) is 10.9. The topological polar surface area (TPSA) is 9.23 Å². The van der Waals surface area contributed by atoms with Crippen molar-refractivity contribution in [1.29, 1.82) is 0 Å². The van der Waals surface area contributed by atoms with E-state index < -0.39 is 0 Å². The van der Waals surface area contributed by atoms with Crippen molar-refractivity contribution in [2.45, 2.75) is 10.7 Å². The third-order valence-corrected chi connectivity index (χ3v) is 5.76. The van der Waals surface area contributed by atoms with Crippen LogP contribution in [0.3, 0.4) is 0 Å². The Morgan fingerprint density at radius 1 is 1.30 bits per heavy atom. The fourth-order valence-corrected chi connectivity index (χ4v) is 3.67. The van der Waals surface area contributed by atoms with Crippen molar-refractivity contribution in [2.75, 3.05) is 6.61 Å². The Morgan fingerprint density at radius 3 is 2.85 bits per heavy atom. The minimum atomic E-state index is -0.285. The van der Waals surface area contributed by atoms with Gasteiger partial charge in [-0.05, 0) is 34.1 Å². The maximum atomic E-state index is 14.2. The molecule has 0 bridgehead atoms. The van der Waals surface area contributed by atoms with E-state index in [-0.39, 0.29) is 16.6 Å². The zero-order chi connectivity index (χ0) is 14.3. The quantitative estimate of drug-likeness (QED) is 0.437. The van der Waals surface area contributed by atoms with Crippen molar-refractivity contribution < 1.29 is 9.13 Å². The van der Waals surface area contributed by atoms with Gasteiger partial charge in [0.15, 0.2) is 0 Å². The summed E-state index contributed by atoms with van der Waals surface area (Å²) >= 11 is 12.9. The third-order valence-electron chi connectivity index (χ3n) is 3.43. The first-order valence-corrected chi connectivity index (χ1v) is 8.17. The molecule has 0 radical (unpaired) electrons. The highest BCUT2D eigenvalue weighted by Crippen LogP contribution is 2.46. The highest BCUT2D eigenvalue weighted by molar-refractivity contribution is 9.10. The Morgan fingerprint density at radius 2 is 2.05 bits per heavy atom. The number of benzene rings is 2. The van der Waals surface area contributed by atoms with Gasteiger partial charge in [0.2, 0.25) is 0 Å². The van der Waals surface area contributed by atoms with Crippen LogP contribution in [-0.4, -0.2) is 6.61 Å². The molecule has 1 aliphatic rings. The first-order chi connectivity index (χ1) is 9.58. The predicted molar refractivity (Wildman–Crippen MR) is 85.5 cm³/mol. The van der Waals surface area contributed by atoms with Gasteiger partial charge in [-0.1, -0.05) is 45.7 Å². The summed E-state index contributed by atoms with van der Waals surface area (Å²) in [5.41, 5.74) is 1.64. The molecule has 1 aliphatic heterocycles. The zero-order valence-corrected chi connectivity index (χ0v) is 14.2. The smallest absolute Gasteiger partial charge is 0.128 e. The number of para-hydroxylation sites is 1. The molecular formula is C15H10Br2ClFO. The second-order valence-corrected chi connectivity index (χ2v) is 6.89. The van der Waals surface area contributed by atoms with Gasteiger partial charge in [-0.25, -0.2) is 4.39 Å². The second-order valence-electron chi connectivity index (χ2n) is 4.64. The minimum Gasteiger partial charge on any atom is -0.493 e. The number of halogens is 4. The summed E-state index contributed by atoms with van der Waals surface area (Å²) in [5.74, 6) is 0.649. The minimum absolute atomic E-state index is 0.0675. The van der Waals surface area contributed by atoms with Crippen molar-refractivity contribution in [3.63, 3.8) is 0 Å². The van der Waals surface area contributed by atoms with E-state index in [9.17, 15) is 4.39 Å². The average molecular weight is 421 g/mol. The van der Waals surface area contributed by atoms with E-state index in [1.165, 1.54) is 6.07 Å². The van der Waals surface area contributed by atoms with E-state index in [1.54, 1.807) is 6.07 Å². The Kier molecular flexibility index (Phi) is 4.07. The van der Waals surface area contributed by atoms with Gasteiger partial charge in [0.1, 0.15) is 11.6 Å². The van der Waals surface area contributed by atoms with Crippen LogP contribution in [0.5, 0.6) is 5.75 Å². The lowest BCUT2D eigenvalue weighted by Crippen LogP contribution is -2.09. The van der Waals surface area contributed by atoms with Crippen LogP contribution in [0.2, 0.25) is 5.02 Å². The van der Waals surface area contributed by atoms with Crippen LogP contribution in [0.25, 0.3) is 0 Å². The number of alkyl halides is 1. The monoisotopic (exact) mass is 418 g/mol. The lowest BCUT2D eigenvalue weighted by molar-refractivity contribution is 0.328. The van der Waals surface area contributed by atoms with E-state index >= 15 is 0 Å². The molecule has 3 rings (SSSR count). The van der Waals surface area contributed by atoms with Crippen LogP contribution in [-0.2, 0) is 0 Å². The van der Waals surface area contributed by atoms with Crippen LogP contribution in [0.15, 0.2) is 40.9 Å². The lowest BCUT2D eigenvalue weighted by atomic mass is 9.93. The third kappa shape index (κ3) is 2.49. The van der Waals surface area contributed by atoms with Gasteiger partial charge in [0, 0.05) is 21.5 Å². The molecule has 0 amide bonds. The van der Waals surface area contributed by atoms with Gasteiger partial charge in [-0.3, -0.25) is 0 Å². The fourth-order valence-electron chi connectivity index (χ4n) is 2.40. The predicted octanol–water partition coefficient (Wildman–Crippen LogP) is 5.85. The van der Waals surface area contributed by atoms with E-state index in [0.717, 1.165) is 11.3 Å². The normalized spacial score (nSPS) is 18.5. The second kappa shape index (κ2) is 5.66. The van der Waals surface area contributed by atoms with Gasteiger partial charge in [-0.2, -0.15) is 0 Å². The molecule has 2 atom stereocenters. The molecule has 2 aromatic rings. The van der Waals surface area contributed by atoms with E-state index in [2.05, 4.69) is 31.9 Å². The molecule has 2 unspecified atom stereocenters. The average Bonchev–Trinajstić information content (AvgIpc) is 2.86. The molecule has 0 saturated carbocycles. The summed E-state index contributed by atoms with van der Waals surface area (Å²) in [6.07, 6.45) is 0. The first kappa shape index (κ1) is 14.4. The van der Waals surface area contributed by atoms with Gasteiger partial charge >= 0.3 is 0 Å². The fraction of sp³-hybridized carbons (Fsp3) is 0.200. The molecule has 2 aromatic carbocycles. The molecule has 0 aliphatic carbocycles. The number of rotatable bonds is 2. The maximum absolute atomic E-state index is 14.2. The molecule has 0 fully saturated rings. The standard InChI is InChI=1S/C15H10Br2ClFO/c16-11-6-13(19)9(5-12(11)18)15(17)10-7-20-14-4-2-1-3-8(10)14/h1-6,10,15H,7H2. The molecule has 20 heavy (non-hydrogen) atoms. The Bertz CT molecular complexity index is 662. The maximum Gasteiger partial charge on any atom is 0.128 e. The SMILES string of the molecule is Fc1cc(Br)c(Cl)cc1C(Br)C1COc2ccccc21. The molecule has 0 N–H and O–H groups in total. The molecule has 0 spiro atoms. The van der Waals surface area contributed by atoms with Gasteiger partial charge in [0.05, 0.1) is 16.5 Å². The number of ether oxygens (including phenoxy) is 1. The summed E-state index contributed by atoms with van der Waals surface area (Å²) in [6.45, 7) is 0.530. The molecule has 1 heterocycles. The number of fused-ring (bicyclic) bond motifs is 1. The van der Waals surface area contributed by atoms with Crippen molar-refractivity contribution in [1.82, 2.24) is 0 Å². The summed E-state index contributed by atoms with van der Waals surface area (Å²) in [7, 11) is 0. The Hall–Kier alpha value is -0.580. The van der Waals surface area contributed by atoms with E-state index in [1.807, 2.05) is 24.3 Å². The van der Waals surface area contributed by atoms with Crippen LogP contribution >= 0.6 is 43.5 Å². The van der Waals surface area contributed by atoms with E-state index in [0.29, 0.717) is 21.7 Å². The van der Waals surface area contributed by atoms with Crippen LogP contribution in [0.1, 0.15) is 21.9 Å². The molecule has 0 aromatic heterocycles. The van der Waals surface area contributed by atoms with Crippen LogP contribution in [0, 0.1) is 5.82 Å². The highest BCUT2D eigenvalue weighted by atomic mass is 79.9. The van der Waals surface area contributed by atoms with Gasteiger partial charge in [0.25, 0.3) is 0 Å². The largest absolute Gasteiger partial charge is 0.493 e. The lowest BCUT2D eigenvalue weighted by Gasteiger charge is -2.18. The number of hydrogen-bond donors (Lipinski definition) is 0. The first-order valence-electron chi connectivity index (χ1n) is 6.08. The summed E-state index contributed by atoms with van der Waals surface area (Å²) in [5, 5.41) is 0.498. The summed E-state index contributed by atoms with van der Waals surface area (Å²) in [4.78, 5) is -0.184. The molecule has 5 heteroatoms. The van der Waals surface area contributed by atoms with Gasteiger partial charge in [-0.15, -0.1) is 0 Å². The van der Waals surface area contributed by atoms with Gasteiger partial charge < -0.3 is 4.74 Å². The van der Waals surface area contributed by atoms with Crippen molar-refractivity contribution in [2.24, 2.45) is 0 Å². The molecule has 0 saturated heterocycles. The molecule has 1 nitrogen and oxygen atoms in total. The molecule has 104 valence electrons. The van der Waals surface area contributed by atoms with Crippen LogP contribution < -0.4 is 4.74 Å². The Labute approximate surface area is 138 Å². The van der Waals surface area contributed by atoms with Crippen molar-refractivity contribution >= 4 is 43.5 Å². The summed E-state index contributed by atoms with van der Waals surface area (Å²) < 4.78 is 20.4. The highest BCUT2D eigenvalue weighted by Gasteiger charge is 2.32. The van der Waals surface area contributed by atoms with Crippen LogP contribution in [0.4, 0.5) is 4.39 Å². The van der Waals surface area contributed by atoms with Crippen molar-refractivity contribution in [3.8, 4) is 5.75 Å². The Balaban J connectivity index is 1.98. The van der Waals surface area contributed by atoms with E-state index in [4.69, 9.17) is 16.3 Å². The zero-order valence-electron chi connectivity index (χ0n) is 10.2. The number of hydrogen-bond acceptors (Lipinski definition) is 1.